The molecule has 0 saturated heterocycles. The molecule has 2 rings (SSSR count). The summed E-state index contributed by atoms with van der Waals surface area (Å²) in [5, 5.41) is 7.14. The Kier molecular flexibility index (Phi) is 5.13. The van der Waals surface area contributed by atoms with E-state index in [9.17, 15) is 0 Å². The fourth-order valence-electron chi connectivity index (χ4n) is 2.04. The summed E-state index contributed by atoms with van der Waals surface area (Å²) in [6.07, 6.45) is 0. The van der Waals surface area contributed by atoms with Crippen molar-refractivity contribution >= 4 is 23.0 Å². The second kappa shape index (κ2) is 7.06. The number of hydrogen-bond acceptors (Lipinski definition) is 1. The Hall–Kier alpha value is -1.87. The molecule has 0 spiro atoms. The lowest BCUT2D eigenvalue weighted by Crippen LogP contribution is -2.31. The zero-order valence-corrected chi connectivity index (χ0v) is 12.7. The van der Waals surface area contributed by atoms with Gasteiger partial charge >= 0.3 is 0 Å². The van der Waals surface area contributed by atoms with E-state index < -0.39 is 0 Å². The molecule has 0 saturated carbocycles. The Labute approximate surface area is 126 Å². The molecule has 0 aliphatic rings. The van der Waals surface area contributed by atoms with Crippen LogP contribution in [-0.2, 0) is 0 Å². The summed E-state index contributed by atoms with van der Waals surface area (Å²) in [5.74, 6) is 0.424. The first-order valence-corrected chi connectivity index (χ1v) is 7.22. The third kappa shape index (κ3) is 4.35. The molecule has 0 fully saturated rings. The van der Waals surface area contributed by atoms with Crippen molar-refractivity contribution in [1.82, 2.24) is 5.32 Å². The highest BCUT2D eigenvalue weighted by atomic mass is 32.1. The summed E-state index contributed by atoms with van der Waals surface area (Å²) in [5.41, 5.74) is 3.56. The van der Waals surface area contributed by atoms with Crippen LogP contribution in [0.25, 0.3) is 0 Å². The lowest BCUT2D eigenvalue weighted by molar-refractivity contribution is 0.723. The lowest BCUT2D eigenvalue weighted by Gasteiger charge is -2.15. The second-order valence-corrected chi connectivity index (χ2v) is 5.42. The van der Waals surface area contributed by atoms with E-state index in [1.165, 1.54) is 11.1 Å². The SMILES string of the molecule is Cc1cccc(NC(=S)NC[C@H](C)c2ccccc2)c1. The zero-order chi connectivity index (χ0) is 14.4. The van der Waals surface area contributed by atoms with Crippen LogP contribution in [0.3, 0.4) is 0 Å². The molecule has 2 aromatic rings. The van der Waals surface area contributed by atoms with Crippen molar-refractivity contribution in [2.75, 3.05) is 11.9 Å². The molecule has 2 nitrogen and oxygen atoms in total. The fraction of sp³-hybridized carbons (Fsp3) is 0.235. The number of hydrogen-bond donors (Lipinski definition) is 2. The number of anilines is 1. The van der Waals surface area contributed by atoms with Crippen molar-refractivity contribution in [3.8, 4) is 0 Å². The first-order valence-electron chi connectivity index (χ1n) is 6.81. The van der Waals surface area contributed by atoms with Gasteiger partial charge in [-0.1, -0.05) is 49.4 Å². The van der Waals surface area contributed by atoms with Gasteiger partial charge < -0.3 is 10.6 Å². The van der Waals surface area contributed by atoms with Gasteiger partial charge in [0.25, 0.3) is 0 Å². The van der Waals surface area contributed by atoms with E-state index in [1.807, 2.05) is 18.2 Å². The van der Waals surface area contributed by atoms with E-state index in [0.717, 1.165) is 12.2 Å². The Balaban J connectivity index is 1.83. The maximum atomic E-state index is 5.33. The summed E-state index contributed by atoms with van der Waals surface area (Å²) >= 11 is 5.33. The average Bonchev–Trinajstić information content (AvgIpc) is 2.46. The number of aryl methyl sites for hydroxylation is 1. The Morgan fingerprint density at radius 1 is 1.10 bits per heavy atom. The van der Waals surface area contributed by atoms with Gasteiger partial charge in [0.15, 0.2) is 5.11 Å². The molecule has 0 aliphatic carbocycles. The van der Waals surface area contributed by atoms with Crippen LogP contribution in [0, 0.1) is 6.92 Å². The number of benzene rings is 2. The van der Waals surface area contributed by atoms with E-state index in [4.69, 9.17) is 12.2 Å². The molecule has 0 aromatic heterocycles. The lowest BCUT2D eigenvalue weighted by atomic mass is 10.0. The molecule has 20 heavy (non-hydrogen) atoms. The molecular formula is C17H20N2S. The minimum Gasteiger partial charge on any atom is -0.362 e. The van der Waals surface area contributed by atoms with Crippen LogP contribution in [0.1, 0.15) is 24.0 Å². The van der Waals surface area contributed by atoms with Crippen LogP contribution in [0.5, 0.6) is 0 Å². The summed E-state index contributed by atoms with van der Waals surface area (Å²) in [6, 6.07) is 18.6. The molecule has 3 heteroatoms. The van der Waals surface area contributed by atoms with Crippen LogP contribution in [0.15, 0.2) is 54.6 Å². The minimum absolute atomic E-state index is 0.424. The number of thiocarbonyl (C=S) groups is 1. The smallest absolute Gasteiger partial charge is 0.170 e. The molecular weight excluding hydrogens is 264 g/mol. The molecule has 0 bridgehead atoms. The third-order valence-corrected chi connectivity index (χ3v) is 3.46. The van der Waals surface area contributed by atoms with E-state index in [2.05, 4.69) is 60.9 Å². The van der Waals surface area contributed by atoms with Crippen molar-refractivity contribution in [3.05, 3.63) is 65.7 Å². The predicted octanol–water partition coefficient (Wildman–Crippen LogP) is 4.09. The van der Waals surface area contributed by atoms with Crippen molar-refractivity contribution in [1.29, 1.82) is 0 Å². The molecule has 0 radical (unpaired) electrons. The van der Waals surface area contributed by atoms with Gasteiger partial charge in [-0.15, -0.1) is 0 Å². The van der Waals surface area contributed by atoms with Crippen LogP contribution < -0.4 is 10.6 Å². The van der Waals surface area contributed by atoms with Crippen LogP contribution in [0.2, 0.25) is 0 Å². The van der Waals surface area contributed by atoms with Gasteiger partial charge in [0.05, 0.1) is 0 Å². The number of rotatable bonds is 4. The standard InChI is InChI=1S/C17H20N2S/c1-13-7-6-10-16(11-13)19-17(20)18-12-14(2)15-8-4-3-5-9-15/h3-11,14H,12H2,1-2H3,(H2,18,19,20)/t14-/m0/s1. The minimum atomic E-state index is 0.424. The van der Waals surface area contributed by atoms with Crippen LogP contribution in [0.4, 0.5) is 5.69 Å². The highest BCUT2D eigenvalue weighted by molar-refractivity contribution is 7.80. The van der Waals surface area contributed by atoms with Crippen molar-refractivity contribution in [3.63, 3.8) is 0 Å². The molecule has 104 valence electrons. The number of nitrogens with one attached hydrogen (secondary N) is 2. The summed E-state index contributed by atoms with van der Waals surface area (Å²) < 4.78 is 0. The molecule has 0 heterocycles. The normalized spacial score (nSPS) is 11.7. The quantitative estimate of drug-likeness (QED) is 0.827. The molecule has 0 amide bonds. The van der Waals surface area contributed by atoms with Crippen molar-refractivity contribution < 1.29 is 0 Å². The third-order valence-electron chi connectivity index (χ3n) is 3.21. The first-order chi connectivity index (χ1) is 9.65. The van der Waals surface area contributed by atoms with Crippen LogP contribution in [-0.4, -0.2) is 11.7 Å². The van der Waals surface area contributed by atoms with E-state index in [1.54, 1.807) is 0 Å². The predicted molar refractivity (Wildman–Crippen MR) is 90.3 cm³/mol. The summed E-state index contributed by atoms with van der Waals surface area (Å²) in [6.45, 7) is 5.08. The van der Waals surface area contributed by atoms with Gasteiger partial charge in [0, 0.05) is 12.2 Å². The summed E-state index contributed by atoms with van der Waals surface area (Å²) in [4.78, 5) is 0. The highest BCUT2D eigenvalue weighted by Crippen LogP contribution is 2.13. The maximum absolute atomic E-state index is 5.33. The molecule has 0 unspecified atom stereocenters. The van der Waals surface area contributed by atoms with Gasteiger partial charge in [0.1, 0.15) is 0 Å². The average molecular weight is 284 g/mol. The molecule has 1 atom stereocenters. The monoisotopic (exact) mass is 284 g/mol. The molecule has 0 aliphatic heterocycles. The second-order valence-electron chi connectivity index (χ2n) is 5.02. The highest BCUT2D eigenvalue weighted by Gasteiger charge is 2.05. The Morgan fingerprint density at radius 3 is 2.55 bits per heavy atom. The largest absolute Gasteiger partial charge is 0.362 e. The van der Waals surface area contributed by atoms with E-state index in [0.29, 0.717) is 11.0 Å². The van der Waals surface area contributed by atoms with E-state index >= 15 is 0 Å². The summed E-state index contributed by atoms with van der Waals surface area (Å²) in [7, 11) is 0. The Bertz CT molecular complexity index is 566. The first kappa shape index (κ1) is 14.5. The van der Waals surface area contributed by atoms with Gasteiger partial charge in [-0.05, 0) is 48.3 Å². The van der Waals surface area contributed by atoms with Crippen LogP contribution >= 0.6 is 12.2 Å². The van der Waals surface area contributed by atoms with Gasteiger partial charge in [0.2, 0.25) is 0 Å². The van der Waals surface area contributed by atoms with E-state index in [-0.39, 0.29) is 0 Å². The van der Waals surface area contributed by atoms with Crippen molar-refractivity contribution in [2.45, 2.75) is 19.8 Å². The molecule has 2 aromatic carbocycles. The van der Waals surface area contributed by atoms with Gasteiger partial charge in [-0.25, -0.2) is 0 Å². The molecule has 2 N–H and O–H groups in total. The van der Waals surface area contributed by atoms with Gasteiger partial charge in [-0.3, -0.25) is 0 Å². The van der Waals surface area contributed by atoms with Gasteiger partial charge in [-0.2, -0.15) is 0 Å². The van der Waals surface area contributed by atoms with Crippen molar-refractivity contribution in [2.24, 2.45) is 0 Å². The maximum Gasteiger partial charge on any atom is 0.170 e. The zero-order valence-electron chi connectivity index (χ0n) is 11.9. The topological polar surface area (TPSA) is 24.1 Å². The fourth-order valence-corrected chi connectivity index (χ4v) is 2.24. The Morgan fingerprint density at radius 2 is 1.85 bits per heavy atom.